The van der Waals surface area contributed by atoms with Crippen LogP contribution in [-0.2, 0) is 19.1 Å². The van der Waals surface area contributed by atoms with Crippen molar-refractivity contribution in [3.8, 4) is 0 Å². The lowest BCUT2D eigenvalue weighted by molar-refractivity contribution is -0.914. The van der Waals surface area contributed by atoms with Crippen LogP contribution >= 0.6 is 0 Å². The minimum Gasteiger partial charge on any atom is -0.466 e. The second-order valence-corrected chi connectivity index (χ2v) is 6.95. The van der Waals surface area contributed by atoms with Crippen molar-refractivity contribution < 1.29 is 28.8 Å². The van der Waals surface area contributed by atoms with Crippen molar-refractivity contribution in [3.63, 3.8) is 0 Å². The molecule has 0 bridgehead atoms. The van der Waals surface area contributed by atoms with Gasteiger partial charge in [0.15, 0.2) is 6.67 Å². The SMILES string of the molecule is CCOC(=O)[C@H]1CCC[NH+](CN2C(=O)C(=O)N(c3ccc(C)cc3)C2=O)C1. The second-order valence-electron chi connectivity index (χ2n) is 6.95. The predicted molar refractivity (Wildman–Crippen MR) is 95.8 cm³/mol. The average molecular weight is 374 g/mol. The summed E-state index contributed by atoms with van der Waals surface area (Å²) in [6.07, 6.45) is 1.53. The fourth-order valence-electron chi connectivity index (χ4n) is 3.55. The van der Waals surface area contributed by atoms with Crippen LogP contribution in [0.3, 0.4) is 0 Å². The molecule has 0 aromatic heterocycles. The van der Waals surface area contributed by atoms with Crippen LogP contribution < -0.4 is 9.80 Å². The summed E-state index contributed by atoms with van der Waals surface area (Å²) in [7, 11) is 0. The Morgan fingerprint density at radius 2 is 1.89 bits per heavy atom. The molecule has 0 radical (unpaired) electrons. The minimum absolute atomic E-state index is 0.0711. The van der Waals surface area contributed by atoms with Crippen molar-refractivity contribution in [3.05, 3.63) is 29.8 Å². The number of imide groups is 2. The number of carbonyl (C=O) groups is 4. The zero-order valence-corrected chi connectivity index (χ0v) is 15.6. The number of aryl methyl sites for hydroxylation is 1. The highest BCUT2D eigenvalue weighted by Crippen LogP contribution is 2.22. The molecule has 2 fully saturated rings. The van der Waals surface area contributed by atoms with Gasteiger partial charge in [-0.15, -0.1) is 0 Å². The second kappa shape index (κ2) is 7.87. The summed E-state index contributed by atoms with van der Waals surface area (Å²) < 4.78 is 5.08. The first-order valence-corrected chi connectivity index (χ1v) is 9.19. The standard InChI is InChI=1S/C19H23N3O5/c1-3-27-18(25)14-5-4-10-20(11-14)12-21-16(23)17(24)22(19(21)26)15-8-6-13(2)7-9-15/h6-9,14H,3-5,10-12H2,1-2H3/p+1/t14-/m0/s1. The summed E-state index contributed by atoms with van der Waals surface area (Å²) in [5, 5.41) is 0. The first-order valence-electron chi connectivity index (χ1n) is 9.19. The topological polar surface area (TPSA) is 88.4 Å². The highest BCUT2D eigenvalue weighted by Gasteiger charge is 2.47. The molecule has 3 rings (SSSR count). The molecule has 1 unspecified atom stereocenters. The van der Waals surface area contributed by atoms with Crippen molar-refractivity contribution >= 4 is 29.5 Å². The van der Waals surface area contributed by atoms with Gasteiger partial charge >= 0.3 is 23.8 Å². The van der Waals surface area contributed by atoms with Gasteiger partial charge in [0, 0.05) is 0 Å². The van der Waals surface area contributed by atoms with E-state index in [1.54, 1.807) is 31.2 Å². The van der Waals surface area contributed by atoms with Gasteiger partial charge in [-0.05, 0) is 38.8 Å². The quantitative estimate of drug-likeness (QED) is 0.449. The van der Waals surface area contributed by atoms with E-state index in [4.69, 9.17) is 4.74 Å². The van der Waals surface area contributed by atoms with Gasteiger partial charge in [0.05, 0.1) is 25.4 Å². The molecule has 4 amide bonds. The molecule has 1 aromatic rings. The first-order chi connectivity index (χ1) is 12.9. The van der Waals surface area contributed by atoms with Gasteiger partial charge in [0.25, 0.3) is 0 Å². The number of nitrogens with zero attached hydrogens (tertiary/aromatic N) is 2. The molecule has 2 atom stereocenters. The Hall–Kier alpha value is -2.74. The first kappa shape index (κ1) is 19.0. The van der Waals surface area contributed by atoms with Gasteiger partial charge in [-0.1, -0.05) is 17.7 Å². The number of amides is 4. The number of ether oxygens (including phenoxy) is 1. The molecule has 0 saturated carbocycles. The summed E-state index contributed by atoms with van der Waals surface area (Å²) in [5.41, 5.74) is 1.37. The molecule has 1 N–H and O–H groups in total. The third-order valence-electron chi connectivity index (χ3n) is 4.97. The molecule has 27 heavy (non-hydrogen) atoms. The molecular formula is C19H24N3O5+. The van der Waals surface area contributed by atoms with Gasteiger partial charge in [0.2, 0.25) is 0 Å². The van der Waals surface area contributed by atoms with E-state index in [1.807, 2.05) is 6.92 Å². The highest BCUT2D eigenvalue weighted by atomic mass is 16.5. The number of nitrogens with one attached hydrogen (secondary N) is 1. The maximum Gasteiger partial charge on any atom is 0.343 e. The molecule has 144 valence electrons. The number of esters is 1. The highest BCUT2D eigenvalue weighted by molar-refractivity contribution is 6.52. The number of benzene rings is 1. The molecule has 2 saturated heterocycles. The van der Waals surface area contributed by atoms with Crippen molar-refractivity contribution in [2.75, 3.05) is 31.3 Å². The van der Waals surface area contributed by atoms with Crippen LogP contribution in [0.1, 0.15) is 25.3 Å². The number of urea groups is 1. The molecule has 8 heteroatoms. The Bertz CT molecular complexity index is 761. The van der Waals surface area contributed by atoms with Crippen LogP contribution in [0.25, 0.3) is 0 Å². The van der Waals surface area contributed by atoms with E-state index in [0.717, 1.165) is 39.6 Å². The number of quaternary nitrogens is 1. The van der Waals surface area contributed by atoms with Crippen LogP contribution in [0.15, 0.2) is 24.3 Å². The molecular weight excluding hydrogens is 350 g/mol. The van der Waals surface area contributed by atoms with Gasteiger partial charge in [0.1, 0.15) is 5.92 Å². The number of likely N-dealkylation sites (tertiary alicyclic amines) is 1. The van der Waals surface area contributed by atoms with E-state index in [-0.39, 0.29) is 18.6 Å². The Labute approximate surface area is 157 Å². The zero-order chi connectivity index (χ0) is 19.6. The lowest BCUT2D eigenvalue weighted by Gasteiger charge is -2.30. The van der Waals surface area contributed by atoms with Crippen LogP contribution in [0.2, 0.25) is 0 Å². The summed E-state index contributed by atoms with van der Waals surface area (Å²) in [5.74, 6) is -2.16. The van der Waals surface area contributed by atoms with E-state index in [2.05, 4.69) is 0 Å². The lowest BCUT2D eigenvalue weighted by atomic mass is 9.98. The number of anilines is 1. The van der Waals surface area contributed by atoms with E-state index >= 15 is 0 Å². The normalized spacial score (nSPS) is 23.1. The van der Waals surface area contributed by atoms with E-state index in [9.17, 15) is 19.2 Å². The fraction of sp³-hybridized carbons (Fsp3) is 0.474. The van der Waals surface area contributed by atoms with E-state index < -0.39 is 17.8 Å². The molecule has 2 heterocycles. The van der Waals surface area contributed by atoms with E-state index in [0.29, 0.717) is 18.8 Å². The average Bonchev–Trinajstić information content (AvgIpc) is 2.87. The van der Waals surface area contributed by atoms with Gasteiger partial charge in [-0.2, -0.15) is 0 Å². The maximum atomic E-state index is 12.7. The largest absolute Gasteiger partial charge is 0.466 e. The monoisotopic (exact) mass is 374 g/mol. The van der Waals surface area contributed by atoms with Crippen molar-refractivity contribution in [1.82, 2.24) is 4.90 Å². The smallest absolute Gasteiger partial charge is 0.343 e. The molecule has 2 aliphatic rings. The Balaban J connectivity index is 1.70. The van der Waals surface area contributed by atoms with Gasteiger partial charge in [-0.25, -0.2) is 14.6 Å². The summed E-state index contributed by atoms with van der Waals surface area (Å²) >= 11 is 0. The number of hydrogen-bond donors (Lipinski definition) is 1. The fourth-order valence-corrected chi connectivity index (χ4v) is 3.55. The van der Waals surface area contributed by atoms with Gasteiger partial charge in [-0.3, -0.25) is 14.4 Å². The van der Waals surface area contributed by atoms with Crippen molar-refractivity contribution in [1.29, 1.82) is 0 Å². The third-order valence-corrected chi connectivity index (χ3v) is 4.97. The van der Waals surface area contributed by atoms with Crippen LogP contribution in [0.4, 0.5) is 10.5 Å². The molecule has 0 spiro atoms. The summed E-state index contributed by atoms with van der Waals surface area (Å²) in [6, 6.07) is 6.21. The maximum absolute atomic E-state index is 12.7. The summed E-state index contributed by atoms with van der Waals surface area (Å²) in [6.45, 7) is 5.27. The number of piperidine rings is 1. The van der Waals surface area contributed by atoms with Crippen LogP contribution in [-0.4, -0.2) is 55.1 Å². The van der Waals surface area contributed by atoms with Crippen LogP contribution in [0, 0.1) is 12.8 Å². The molecule has 0 aliphatic carbocycles. The van der Waals surface area contributed by atoms with Gasteiger partial charge < -0.3 is 9.64 Å². The Morgan fingerprint density at radius 3 is 2.56 bits per heavy atom. The lowest BCUT2D eigenvalue weighted by Crippen LogP contribution is -3.15. The van der Waals surface area contributed by atoms with Crippen LogP contribution in [0.5, 0.6) is 0 Å². The summed E-state index contributed by atoms with van der Waals surface area (Å²) in [4.78, 5) is 52.2. The van der Waals surface area contributed by atoms with Crippen molar-refractivity contribution in [2.45, 2.75) is 26.7 Å². The predicted octanol–water partition coefficient (Wildman–Crippen LogP) is 0.106. The Kier molecular flexibility index (Phi) is 5.55. The number of rotatable bonds is 5. The molecule has 8 nitrogen and oxygen atoms in total. The number of carbonyl (C=O) groups excluding carboxylic acids is 4. The van der Waals surface area contributed by atoms with E-state index in [1.165, 1.54) is 0 Å². The minimum atomic E-state index is -0.845. The zero-order valence-electron chi connectivity index (χ0n) is 15.6. The number of hydrogen-bond acceptors (Lipinski definition) is 5. The molecule has 2 aliphatic heterocycles. The Morgan fingerprint density at radius 1 is 1.19 bits per heavy atom. The van der Waals surface area contributed by atoms with Crippen molar-refractivity contribution in [2.24, 2.45) is 5.92 Å². The molecule has 1 aromatic carbocycles. The third kappa shape index (κ3) is 3.85.